The Kier molecular flexibility index (Phi) is 7.05. The first-order valence-corrected chi connectivity index (χ1v) is 20.8. The van der Waals surface area contributed by atoms with Crippen molar-refractivity contribution >= 4 is 86.7 Å². The predicted molar refractivity (Wildman–Crippen MR) is 256 cm³/mol. The fraction of sp³-hybridized carbons (Fsp3) is 0. The number of hydrogen-bond acceptors (Lipinski definition) is 0. The summed E-state index contributed by atoms with van der Waals surface area (Å²) in [6, 6.07) is 80.5. The van der Waals surface area contributed by atoms with Crippen molar-refractivity contribution in [1.29, 1.82) is 0 Å². The van der Waals surface area contributed by atoms with E-state index in [-0.39, 0.29) is 0 Å². The molecule has 0 aliphatic rings. The van der Waals surface area contributed by atoms with Gasteiger partial charge in [-0.15, -0.1) is 0 Å². The topological polar surface area (TPSA) is 9.86 Å². The monoisotopic (exact) mass is 760 g/mol. The van der Waals surface area contributed by atoms with Crippen molar-refractivity contribution in [2.75, 3.05) is 0 Å². The first-order valence-electron chi connectivity index (χ1n) is 20.8. The summed E-state index contributed by atoms with van der Waals surface area (Å²) in [7, 11) is 0. The molecule has 2 aromatic heterocycles. The molecule has 0 saturated heterocycles. The number of nitrogens with zero attached hydrogens (tertiary/aromatic N) is 2. The van der Waals surface area contributed by atoms with E-state index in [9.17, 15) is 0 Å². The maximum atomic E-state index is 2.47. The number of aromatic nitrogens is 2. The zero-order chi connectivity index (χ0) is 39.3. The highest BCUT2D eigenvalue weighted by Crippen LogP contribution is 2.41. The summed E-state index contributed by atoms with van der Waals surface area (Å²) < 4.78 is 4.88. The molecule has 2 heteroatoms. The molecule has 0 aliphatic carbocycles. The van der Waals surface area contributed by atoms with Crippen LogP contribution in [0.15, 0.2) is 218 Å². The fourth-order valence-corrected chi connectivity index (χ4v) is 10.1. The van der Waals surface area contributed by atoms with Gasteiger partial charge in [0, 0.05) is 32.6 Å². The molecular weight excluding hydrogens is 725 g/mol. The summed E-state index contributed by atoms with van der Waals surface area (Å²) in [5.41, 5.74) is 12.1. The van der Waals surface area contributed by atoms with Crippen LogP contribution in [0.5, 0.6) is 0 Å². The Balaban J connectivity index is 0.947. The predicted octanol–water partition coefficient (Wildman–Crippen LogP) is 15.8. The van der Waals surface area contributed by atoms with Crippen LogP contribution < -0.4 is 0 Å². The third-order valence-electron chi connectivity index (χ3n) is 12.9. The zero-order valence-corrected chi connectivity index (χ0v) is 32.7. The van der Waals surface area contributed by atoms with Gasteiger partial charge >= 0.3 is 0 Å². The maximum absolute atomic E-state index is 2.47. The third kappa shape index (κ3) is 4.82. The number of para-hydroxylation sites is 2. The molecule has 0 saturated carbocycles. The van der Waals surface area contributed by atoms with Crippen molar-refractivity contribution in [3.63, 3.8) is 0 Å². The van der Waals surface area contributed by atoms with Crippen molar-refractivity contribution in [3.8, 4) is 33.6 Å². The standard InChI is InChI=1S/C58H36N2/c1-3-15-43-40(13-1)35-51(47-19-6-5-17-45(43)47)37-25-29-42(30-26-37)59-54-23-11-9-21-49(54)52-33-38(27-31-56(52)59)39-28-32-57-53(34-39)50-22-10-12-24-55(50)60(57)58-36-41-14-2-4-16-44(41)46-18-7-8-20-48(46)58/h1-36H. The van der Waals surface area contributed by atoms with Gasteiger partial charge in [0.1, 0.15) is 0 Å². The van der Waals surface area contributed by atoms with Crippen molar-refractivity contribution < 1.29 is 0 Å². The first kappa shape index (κ1) is 33.1. The van der Waals surface area contributed by atoms with Gasteiger partial charge in [0.05, 0.1) is 27.8 Å². The Bertz CT molecular complexity index is 3880. The SMILES string of the molecule is c1ccc2c(c1)cc(-c1ccc(-n3c4ccccc4c4cc(-c5ccc6c(c5)c5ccccc5n6-c5cc6ccccc6c6ccccc56)ccc43)cc1)c1ccccc12. The molecule has 11 aromatic carbocycles. The highest BCUT2D eigenvalue weighted by molar-refractivity contribution is 6.17. The van der Waals surface area contributed by atoms with Crippen LogP contribution in [0.3, 0.4) is 0 Å². The van der Waals surface area contributed by atoms with E-state index >= 15 is 0 Å². The summed E-state index contributed by atoms with van der Waals surface area (Å²) in [6.07, 6.45) is 0. The molecule has 0 amide bonds. The lowest BCUT2D eigenvalue weighted by Gasteiger charge is -2.14. The van der Waals surface area contributed by atoms with Gasteiger partial charge in [0.25, 0.3) is 0 Å². The van der Waals surface area contributed by atoms with Gasteiger partial charge in [-0.25, -0.2) is 0 Å². The summed E-state index contributed by atoms with van der Waals surface area (Å²) >= 11 is 0. The van der Waals surface area contributed by atoms with Crippen molar-refractivity contribution in [2.24, 2.45) is 0 Å². The van der Waals surface area contributed by atoms with Crippen LogP contribution in [0.25, 0.3) is 120 Å². The second-order valence-corrected chi connectivity index (χ2v) is 16.1. The van der Waals surface area contributed by atoms with Crippen molar-refractivity contribution in [3.05, 3.63) is 218 Å². The minimum Gasteiger partial charge on any atom is -0.309 e. The van der Waals surface area contributed by atoms with E-state index in [4.69, 9.17) is 0 Å². The van der Waals surface area contributed by atoms with Gasteiger partial charge < -0.3 is 9.13 Å². The molecule has 0 unspecified atom stereocenters. The normalized spacial score (nSPS) is 12.0. The van der Waals surface area contributed by atoms with Crippen LogP contribution in [0, 0.1) is 0 Å². The van der Waals surface area contributed by atoms with Gasteiger partial charge in [-0.05, 0) is 121 Å². The molecule has 0 fully saturated rings. The number of fused-ring (bicyclic) bond motifs is 12. The Labute approximate surface area is 346 Å². The highest BCUT2D eigenvalue weighted by Gasteiger charge is 2.18. The summed E-state index contributed by atoms with van der Waals surface area (Å²) in [5.74, 6) is 0. The molecule has 0 radical (unpaired) electrons. The first-order chi connectivity index (χ1) is 29.8. The molecule has 0 bridgehead atoms. The van der Waals surface area contributed by atoms with E-state index < -0.39 is 0 Å². The smallest absolute Gasteiger partial charge is 0.0546 e. The Morgan fingerprint density at radius 1 is 0.233 bits per heavy atom. The van der Waals surface area contributed by atoms with Crippen LogP contribution in [-0.2, 0) is 0 Å². The quantitative estimate of drug-likeness (QED) is 0.158. The maximum Gasteiger partial charge on any atom is 0.0546 e. The van der Waals surface area contributed by atoms with Gasteiger partial charge in [-0.1, -0.05) is 158 Å². The Morgan fingerprint density at radius 3 is 1.27 bits per heavy atom. The lowest BCUT2D eigenvalue weighted by atomic mass is 9.93. The van der Waals surface area contributed by atoms with E-state index in [2.05, 4.69) is 228 Å². The van der Waals surface area contributed by atoms with Gasteiger partial charge in [-0.2, -0.15) is 0 Å². The van der Waals surface area contributed by atoms with Crippen LogP contribution in [0.4, 0.5) is 0 Å². The molecule has 60 heavy (non-hydrogen) atoms. The molecule has 13 rings (SSSR count). The fourth-order valence-electron chi connectivity index (χ4n) is 10.1. The minimum atomic E-state index is 1.15. The number of rotatable bonds is 4. The molecule has 13 aromatic rings. The van der Waals surface area contributed by atoms with E-state index in [1.54, 1.807) is 0 Å². The van der Waals surface area contributed by atoms with Crippen molar-refractivity contribution in [1.82, 2.24) is 9.13 Å². The summed E-state index contributed by atoms with van der Waals surface area (Å²) in [5, 5.41) is 15.2. The average molecular weight is 761 g/mol. The molecule has 2 nitrogen and oxygen atoms in total. The van der Waals surface area contributed by atoms with Crippen LogP contribution in [0.1, 0.15) is 0 Å². The second-order valence-electron chi connectivity index (χ2n) is 16.1. The van der Waals surface area contributed by atoms with Crippen molar-refractivity contribution in [2.45, 2.75) is 0 Å². The molecule has 278 valence electrons. The largest absolute Gasteiger partial charge is 0.309 e. The molecule has 2 heterocycles. The molecule has 0 aliphatic heterocycles. The zero-order valence-electron chi connectivity index (χ0n) is 32.7. The molecule has 0 spiro atoms. The van der Waals surface area contributed by atoms with E-state index in [0.717, 1.165) is 5.69 Å². The van der Waals surface area contributed by atoms with Gasteiger partial charge in [0.2, 0.25) is 0 Å². The Hall–Kier alpha value is -7.94. The third-order valence-corrected chi connectivity index (χ3v) is 12.9. The average Bonchev–Trinajstić information content (AvgIpc) is 3.83. The summed E-state index contributed by atoms with van der Waals surface area (Å²) in [6.45, 7) is 0. The highest BCUT2D eigenvalue weighted by atomic mass is 15.0. The van der Waals surface area contributed by atoms with Crippen LogP contribution in [0.2, 0.25) is 0 Å². The minimum absolute atomic E-state index is 1.15. The number of benzene rings is 11. The Morgan fingerprint density at radius 2 is 0.650 bits per heavy atom. The van der Waals surface area contributed by atoms with E-state index in [1.165, 1.54) is 115 Å². The molecule has 0 atom stereocenters. The van der Waals surface area contributed by atoms with Crippen LogP contribution >= 0.6 is 0 Å². The van der Waals surface area contributed by atoms with Crippen LogP contribution in [-0.4, -0.2) is 9.13 Å². The summed E-state index contributed by atoms with van der Waals surface area (Å²) in [4.78, 5) is 0. The lowest BCUT2D eigenvalue weighted by Crippen LogP contribution is -1.96. The second kappa shape index (κ2) is 12.8. The van der Waals surface area contributed by atoms with Gasteiger partial charge in [0.15, 0.2) is 0 Å². The molecule has 0 N–H and O–H groups in total. The lowest BCUT2D eigenvalue weighted by molar-refractivity contribution is 1.18. The van der Waals surface area contributed by atoms with Gasteiger partial charge in [-0.3, -0.25) is 0 Å². The number of hydrogen-bond donors (Lipinski definition) is 0. The molecular formula is C58H36N2. The van der Waals surface area contributed by atoms with E-state index in [0.29, 0.717) is 0 Å². The van der Waals surface area contributed by atoms with E-state index in [1.807, 2.05) is 0 Å².